The van der Waals surface area contributed by atoms with Crippen LogP contribution in [0.3, 0.4) is 0 Å². The molecule has 0 spiro atoms. The van der Waals surface area contributed by atoms with Gasteiger partial charge in [0.15, 0.2) is 5.43 Å². The molecule has 1 heterocycles. The van der Waals surface area contributed by atoms with Crippen LogP contribution in [-0.2, 0) is 11.3 Å². The van der Waals surface area contributed by atoms with E-state index in [0.29, 0.717) is 0 Å². The Labute approximate surface area is 137 Å². The molecular weight excluding hydrogens is 379 g/mol. The molecule has 0 saturated heterocycles. The van der Waals surface area contributed by atoms with Crippen LogP contribution in [0.15, 0.2) is 35.1 Å². The zero-order chi connectivity index (χ0) is 15.6. The molecule has 2 aromatic rings. The van der Waals surface area contributed by atoms with Gasteiger partial charge in [0.05, 0.1) is 0 Å². The lowest BCUT2D eigenvalue weighted by Gasteiger charge is -2.15. The van der Waals surface area contributed by atoms with E-state index in [2.05, 4.69) is 27.9 Å². The van der Waals surface area contributed by atoms with Gasteiger partial charge in [-0.15, -0.1) is 0 Å². The number of anilines is 1. The maximum absolute atomic E-state index is 12.2. The van der Waals surface area contributed by atoms with Crippen LogP contribution in [0, 0.1) is 24.3 Å². The van der Waals surface area contributed by atoms with E-state index in [1.54, 1.807) is 0 Å². The Morgan fingerprint density at radius 3 is 2.33 bits per heavy atom. The highest BCUT2D eigenvalue weighted by molar-refractivity contribution is 14.1. The summed E-state index contributed by atoms with van der Waals surface area (Å²) in [6, 6.07) is 8.96. The average molecular weight is 396 g/mol. The minimum Gasteiger partial charge on any atom is -0.340 e. The lowest BCUT2D eigenvalue weighted by atomic mass is 10.2. The van der Waals surface area contributed by atoms with Gasteiger partial charge in [-0.05, 0) is 67.1 Å². The van der Waals surface area contributed by atoms with Gasteiger partial charge in [-0.1, -0.05) is 0 Å². The Morgan fingerprint density at radius 2 is 1.76 bits per heavy atom. The molecule has 0 saturated carbocycles. The molecule has 0 radical (unpaired) electrons. The predicted octanol–water partition coefficient (Wildman–Crippen LogP) is 3.02. The Hall–Kier alpha value is -1.63. The summed E-state index contributed by atoms with van der Waals surface area (Å²) in [6.07, 6.45) is 0. The van der Waals surface area contributed by atoms with Gasteiger partial charge in [-0.25, -0.2) is 0 Å². The van der Waals surface area contributed by atoms with E-state index < -0.39 is 0 Å². The second-order valence-corrected chi connectivity index (χ2v) is 6.31. The summed E-state index contributed by atoms with van der Waals surface area (Å²) in [5, 5.41) is 2.91. The molecule has 110 valence electrons. The molecule has 21 heavy (non-hydrogen) atoms. The van der Waals surface area contributed by atoms with E-state index in [4.69, 9.17) is 0 Å². The van der Waals surface area contributed by atoms with Crippen molar-refractivity contribution in [3.05, 3.63) is 61.1 Å². The van der Waals surface area contributed by atoms with E-state index in [1.807, 2.05) is 43.5 Å². The van der Waals surface area contributed by atoms with Gasteiger partial charge < -0.3 is 9.88 Å². The molecule has 0 bridgehead atoms. The number of carbonyl (C=O) groups excluding carboxylic acids is 1. The molecular formula is C16H17IN2O2. The summed E-state index contributed by atoms with van der Waals surface area (Å²) in [4.78, 5) is 23.6. The Bertz CT molecular complexity index is 724. The first-order valence-corrected chi connectivity index (χ1v) is 7.69. The third-order valence-corrected chi connectivity index (χ3v) is 3.99. The monoisotopic (exact) mass is 396 g/mol. The van der Waals surface area contributed by atoms with Gasteiger partial charge in [-0.3, -0.25) is 9.59 Å². The van der Waals surface area contributed by atoms with E-state index in [1.165, 1.54) is 12.1 Å². The van der Waals surface area contributed by atoms with E-state index >= 15 is 0 Å². The molecule has 0 aliphatic rings. The number of pyridine rings is 1. The molecule has 5 heteroatoms. The molecule has 1 aromatic carbocycles. The molecule has 0 aliphatic carbocycles. The number of nitrogens with one attached hydrogen (secondary N) is 1. The normalized spacial score (nSPS) is 10.5. The SMILES string of the molecule is Cc1cc(I)ccc1NC(=O)Cn1c(C)cc(=O)cc1C. The van der Waals surface area contributed by atoms with Crippen LogP contribution in [0.25, 0.3) is 0 Å². The summed E-state index contributed by atoms with van der Waals surface area (Å²) < 4.78 is 2.97. The van der Waals surface area contributed by atoms with Crippen molar-refractivity contribution in [2.75, 3.05) is 5.32 Å². The molecule has 4 nitrogen and oxygen atoms in total. The van der Waals surface area contributed by atoms with Crippen LogP contribution < -0.4 is 10.7 Å². The maximum Gasteiger partial charge on any atom is 0.244 e. The number of hydrogen-bond acceptors (Lipinski definition) is 2. The van der Waals surface area contributed by atoms with Crippen LogP contribution in [0.2, 0.25) is 0 Å². The fourth-order valence-corrected chi connectivity index (χ4v) is 2.88. The largest absolute Gasteiger partial charge is 0.340 e. The third-order valence-electron chi connectivity index (χ3n) is 3.32. The van der Waals surface area contributed by atoms with Crippen LogP contribution in [0.1, 0.15) is 17.0 Å². The van der Waals surface area contributed by atoms with Crippen molar-refractivity contribution in [3.8, 4) is 0 Å². The molecule has 0 fully saturated rings. The number of aryl methyl sites for hydroxylation is 3. The molecule has 2 rings (SSSR count). The molecule has 1 amide bonds. The van der Waals surface area contributed by atoms with Crippen molar-refractivity contribution in [2.45, 2.75) is 27.3 Å². The standard InChI is InChI=1S/C16H17IN2O2/c1-10-6-13(17)4-5-15(10)18-16(21)9-19-11(2)7-14(20)8-12(19)3/h4-8H,9H2,1-3H3,(H,18,21). The lowest BCUT2D eigenvalue weighted by Crippen LogP contribution is -2.23. The first-order chi connectivity index (χ1) is 9.86. The first kappa shape index (κ1) is 15.8. The van der Waals surface area contributed by atoms with Crippen LogP contribution in [-0.4, -0.2) is 10.5 Å². The zero-order valence-corrected chi connectivity index (χ0v) is 14.4. The lowest BCUT2D eigenvalue weighted by molar-refractivity contribution is -0.116. The number of benzene rings is 1. The topological polar surface area (TPSA) is 51.1 Å². The van der Waals surface area contributed by atoms with Crippen molar-refractivity contribution in [2.24, 2.45) is 0 Å². The van der Waals surface area contributed by atoms with Crippen LogP contribution >= 0.6 is 22.6 Å². The fourth-order valence-electron chi connectivity index (χ4n) is 2.24. The van der Waals surface area contributed by atoms with Crippen molar-refractivity contribution < 1.29 is 4.79 Å². The van der Waals surface area contributed by atoms with Crippen molar-refractivity contribution in [3.63, 3.8) is 0 Å². The molecule has 1 N–H and O–H groups in total. The predicted molar refractivity (Wildman–Crippen MR) is 92.7 cm³/mol. The highest BCUT2D eigenvalue weighted by Gasteiger charge is 2.09. The molecule has 0 aliphatic heterocycles. The average Bonchev–Trinajstić information content (AvgIpc) is 2.37. The van der Waals surface area contributed by atoms with Crippen LogP contribution in [0.5, 0.6) is 0 Å². The Morgan fingerprint density at radius 1 is 1.14 bits per heavy atom. The number of aromatic nitrogens is 1. The molecule has 0 atom stereocenters. The highest BCUT2D eigenvalue weighted by atomic mass is 127. The summed E-state index contributed by atoms with van der Waals surface area (Å²) in [5.74, 6) is -0.103. The minimum atomic E-state index is -0.103. The van der Waals surface area contributed by atoms with Crippen LogP contribution in [0.4, 0.5) is 5.69 Å². The number of rotatable bonds is 3. The number of hydrogen-bond donors (Lipinski definition) is 1. The highest BCUT2D eigenvalue weighted by Crippen LogP contribution is 2.17. The smallest absolute Gasteiger partial charge is 0.244 e. The van der Waals surface area contributed by atoms with Gasteiger partial charge in [0.2, 0.25) is 5.91 Å². The number of amides is 1. The number of nitrogens with zero attached hydrogens (tertiary/aromatic N) is 1. The minimum absolute atomic E-state index is 0.0323. The van der Waals surface area contributed by atoms with E-state index in [0.717, 1.165) is 26.2 Å². The summed E-state index contributed by atoms with van der Waals surface area (Å²) >= 11 is 2.24. The van der Waals surface area contributed by atoms with Crippen molar-refractivity contribution in [1.82, 2.24) is 4.57 Å². The van der Waals surface area contributed by atoms with Gasteiger partial charge in [0.25, 0.3) is 0 Å². The van der Waals surface area contributed by atoms with Gasteiger partial charge in [0.1, 0.15) is 6.54 Å². The quantitative estimate of drug-likeness (QED) is 0.812. The third kappa shape index (κ3) is 3.93. The summed E-state index contributed by atoms with van der Waals surface area (Å²) in [6.45, 7) is 5.83. The van der Waals surface area contributed by atoms with E-state index in [-0.39, 0.29) is 17.9 Å². The van der Waals surface area contributed by atoms with Gasteiger partial charge in [-0.2, -0.15) is 0 Å². The van der Waals surface area contributed by atoms with E-state index in [9.17, 15) is 9.59 Å². The molecule has 0 unspecified atom stereocenters. The summed E-state index contributed by atoms with van der Waals surface area (Å²) in [5.41, 5.74) is 3.39. The fraction of sp³-hybridized carbons (Fsp3) is 0.250. The Kier molecular flexibility index (Phi) is 4.82. The van der Waals surface area contributed by atoms with Crippen molar-refractivity contribution >= 4 is 34.2 Å². The number of carbonyl (C=O) groups is 1. The summed E-state index contributed by atoms with van der Waals surface area (Å²) in [7, 11) is 0. The number of halogens is 1. The zero-order valence-electron chi connectivity index (χ0n) is 12.2. The Balaban J connectivity index is 2.17. The second-order valence-electron chi connectivity index (χ2n) is 5.07. The second kappa shape index (κ2) is 6.43. The maximum atomic E-state index is 12.2. The van der Waals surface area contributed by atoms with Gasteiger partial charge in [0, 0.05) is 32.8 Å². The van der Waals surface area contributed by atoms with Gasteiger partial charge >= 0.3 is 0 Å². The van der Waals surface area contributed by atoms with Crippen molar-refractivity contribution in [1.29, 1.82) is 0 Å². The molecule has 1 aromatic heterocycles. The first-order valence-electron chi connectivity index (χ1n) is 6.61.